The summed E-state index contributed by atoms with van der Waals surface area (Å²) in [7, 11) is 1.56. The van der Waals surface area contributed by atoms with Crippen molar-refractivity contribution in [2.45, 2.75) is 0 Å². The lowest BCUT2D eigenvalue weighted by molar-refractivity contribution is -0.143. The van der Waals surface area contributed by atoms with Gasteiger partial charge in [-0.3, -0.25) is 14.6 Å². The minimum Gasteiger partial charge on any atom is -0.495 e. The second-order valence-corrected chi connectivity index (χ2v) is 7.18. The molecule has 0 bridgehead atoms. The summed E-state index contributed by atoms with van der Waals surface area (Å²) in [5.74, 6) is -1.34. The van der Waals surface area contributed by atoms with Gasteiger partial charge in [0, 0.05) is 43.6 Å². The largest absolute Gasteiger partial charge is 0.495 e. The Balaban J connectivity index is 1.36. The van der Waals surface area contributed by atoms with Gasteiger partial charge in [-0.05, 0) is 30.3 Å². The number of amides is 2. The Hall–Kier alpha value is -3.46. The lowest BCUT2D eigenvalue weighted by Gasteiger charge is -2.35. The third-order valence-corrected chi connectivity index (χ3v) is 5.24. The third kappa shape index (κ3) is 3.97. The predicted octanol–water partition coefficient (Wildman–Crippen LogP) is 2.07. The summed E-state index contributed by atoms with van der Waals surface area (Å²) < 4.78 is 10.1. The number of halogens is 1. The molecule has 2 heterocycles. The van der Waals surface area contributed by atoms with E-state index < -0.39 is 17.6 Å². The van der Waals surface area contributed by atoms with Crippen LogP contribution in [0.4, 0.5) is 11.4 Å². The van der Waals surface area contributed by atoms with Crippen LogP contribution < -0.4 is 20.7 Å². The zero-order valence-electron chi connectivity index (χ0n) is 16.1. The number of anilines is 2. The van der Waals surface area contributed by atoms with Crippen molar-refractivity contribution in [2.75, 3.05) is 43.5 Å². The highest BCUT2D eigenvalue weighted by Gasteiger charge is 2.26. The van der Waals surface area contributed by atoms with Crippen molar-refractivity contribution >= 4 is 45.9 Å². The topological polar surface area (TPSA) is 108 Å². The van der Waals surface area contributed by atoms with Gasteiger partial charge < -0.3 is 24.3 Å². The molecule has 4 rings (SSSR count). The van der Waals surface area contributed by atoms with E-state index in [2.05, 4.69) is 15.2 Å². The van der Waals surface area contributed by atoms with Crippen molar-refractivity contribution < 1.29 is 18.7 Å². The van der Waals surface area contributed by atoms with Crippen LogP contribution in [-0.4, -0.2) is 55.0 Å². The van der Waals surface area contributed by atoms with Crippen LogP contribution in [0.15, 0.2) is 45.6 Å². The van der Waals surface area contributed by atoms with Gasteiger partial charge in [-0.25, -0.2) is 4.79 Å². The molecule has 156 valence electrons. The molecule has 2 amide bonds. The number of piperazine rings is 1. The summed E-state index contributed by atoms with van der Waals surface area (Å²) in [4.78, 5) is 42.2. The van der Waals surface area contributed by atoms with Crippen LogP contribution in [0.5, 0.6) is 5.75 Å². The number of methoxy groups -OCH3 is 1. The first-order valence-electron chi connectivity index (χ1n) is 9.26. The number of fused-ring (bicyclic) bond motifs is 1. The molecule has 0 saturated carbocycles. The zero-order chi connectivity index (χ0) is 21.3. The van der Waals surface area contributed by atoms with Gasteiger partial charge in [0.25, 0.3) is 0 Å². The van der Waals surface area contributed by atoms with Crippen LogP contribution in [-0.2, 0) is 9.59 Å². The van der Waals surface area contributed by atoms with E-state index in [1.54, 1.807) is 25.3 Å². The van der Waals surface area contributed by atoms with Crippen LogP contribution in [0.25, 0.3) is 11.1 Å². The molecule has 1 aliphatic heterocycles. The van der Waals surface area contributed by atoms with Crippen molar-refractivity contribution in [3.8, 4) is 5.75 Å². The standard InChI is InChI=1S/C20H19ClN4O5/c1-29-16-5-3-13(11-14(16)21)24-6-8-25(9-7-24)19(27)18(26)22-12-2-4-15-17(10-12)30-20(28)23-15/h2-5,10-11H,6-9H2,1H3,(H,22,26)(H,23,28). The fourth-order valence-corrected chi connectivity index (χ4v) is 3.62. The third-order valence-electron chi connectivity index (χ3n) is 4.94. The van der Waals surface area contributed by atoms with Crippen molar-refractivity contribution in [3.63, 3.8) is 0 Å². The van der Waals surface area contributed by atoms with E-state index in [0.29, 0.717) is 53.7 Å². The van der Waals surface area contributed by atoms with E-state index in [0.717, 1.165) is 5.69 Å². The fraction of sp³-hybridized carbons (Fsp3) is 0.250. The molecule has 3 aromatic rings. The van der Waals surface area contributed by atoms with E-state index in [9.17, 15) is 14.4 Å². The van der Waals surface area contributed by atoms with Crippen molar-refractivity contribution in [3.05, 3.63) is 52.0 Å². The Kier molecular flexibility index (Phi) is 5.37. The first-order chi connectivity index (χ1) is 14.4. The molecule has 2 aromatic carbocycles. The summed E-state index contributed by atoms with van der Waals surface area (Å²) in [5.41, 5.74) is 2.12. The van der Waals surface area contributed by atoms with Crippen LogP contribution in [0.3, 0.4) is 0 Å². The quantitative estimate of drug-likeness (QED) is 0.616. The normalized spacial score (nSPS) is 14.1. The van der Waals surface area contributed by atoms with Crippen molar-refractivity contribution in [1.82, 2.24) is 9.88 Å². The van der Waals surface area contributed by atoms with Crippen LogP contribution in [0.1, 0.15) is 0 Å². The monoisotopic (exact) mass is 430 g/mol. The molecule has 1 fully saturated rings. The minimum absolute atomic E-state index is 0.303. The van der Waals surface area contributed by atoms with E-state index in [-0.39, 0.29) is 0 Å². The Bertz CT molecular complexity index is 1160. The van der Waals surface area contributed by atoms with Gasteiger partial charge in [0.15, 0.2) is 5.58 Å². The molecule has 2 N–H and O–H groups in total. The maximum Gasteiger partial charge on any atom is 0.417 e. The molecule has 0 unspecified atom stereocenters. The highest BCUT2D eigenvalue weighted by Crippen LogP contribution is 2.29. The maximum absolute atomic E-state index is 12.5. The summed E-state index contributed by atoms with van der Waals surface area (Å²) in [5, 5.41) is 3.07. The molecule has 1 aliphatic rings. The number of aromatic amines is 1. The SMILES string of the molecule is COc1ccc(N2CCN(C(=O)C(=O)Nc3ccc4[nH]c(=O)oc4c3)CC2)cc1Cl. The van der Waals surface area contributed by atoms with Gasteiger partial charge in [-0.1, -0.05) is 11.6 Å². The van der Waals surface area contributed by atoms with Gasteiger partial charge in [0.05, 0.1) is 17.6 Å². The Morgan fingerprint density at radius 1 is 1.13 bits per heavy atom. The highest BCUT2D eigenvalue weighted by molar-refractivity contribution is 6.39. The average molecular weight is 431 g/mol. The number of H-pyrrole nitrogens is 1. The van der Waals surface area contributed by atoms with Gasteiger partial charge >= 0.3 is 17.6 Å². The molecular weight excluding hydrogens is 412 g/mol. The molecule has 1 saturated heterocycles. The number of nitrogens with one attached hydrogen (secondary N) is 2. The molecule has 0 spiro atoms. The van der Waals surface area contributed by atoms with Crippen LogP contribution in [0.2, 0.25) is 5.02 Å². The van der Waals surface area contributed by atoms with E-state index in [1.165, 1.54) is 11.0 Å². The van der Waals surface area contributed by atoms with E-state index >= 15 is 0 Å². The number of oxazole rings is 1. The predicted molar refractivity (Wildman–Crippen MR) is 112 cm³/mol. The minimum atomic E-state index is -0.742. The Labute approximate surface area is 176 Å². The van der Waals surface area contributed by atoms with Crippen molar-refractivity contribution in [2.24, 2.45) is 0 Å². The van der Waals surface area contributed by atoms with E-state index in [1.807, 2.05) is 12.1 Å². The molecule has 0 aliphatic carbocycles. The molecule has 0 atom stereocenters. The number of benzene rings is 2. The number of carbonyl (C=O) groups excluding carboxylic acids is 2. The molecular formula is C20H19ClN4O5. The first kappa shape index (κ1) is 19.8. The van der Waals surface area contributed by atoms with E-state index in [4.69, 9.17) is 20.8 Å². The fourth-order valence-electron chi connectivity index (χ4n) is 3.37. The van der Waals surface area contributed by atoms with Gasteiger partial charge in [-0.15, -0.1) is 0 Å². The number of carbonyl (C=O) groups is 2. The van der Waals surface area contributed by atoms with Crippen molar-refractivity contribution in [1.29, 1.82) is 0 Å². The summed E-state index contributed by atoms with van der Waals surface area (Å²) in [6.45, 7) is 1.95. The molecule has 9 nitrogen and oxygen atoms in total. The summed E-state index contributed by atoms with van der Waals surface area (Å²) in [6, 6.07) is 10.2. The number of ether oxygens (including phenoxy) is 1. The highest BCUT2D eigenvalue weighted by atomic mass is 35.5. The number of nitrogens with zero attached hydrogens (tertiary/aromatic N) is 2. The lowest BCUT2D eigenvalue weighted by atomic mass is 10.2. The second-order valence-electron chi connectivity index (χ2n) is 6.78. The molecule has 0 radical (unpaired) electrons. The van der Waals surface area contributed by atoms with Gasteiger partial charge in [0.1, 0.15) is 5.75 Å². The number of hydrogen-bond donors (Lipinski definition) is 2. The van der Waals surface area contributed by atoms with Gasteiger partial charge in [0.2, 0.25) is 0 Å². The molecule has 1 aromatic heterocycles. The summed E-state index contributed by atoms with van der Waals surface area (Å²) in [6.07, 6.45) is 0. The van der Waals surface area contributed by atoms with Crippen LogP contribution >= 0.6 is 11.6 Å². The second kappa shape index (κ2) is 8.11. The zero-order valence-corrected chi connectivity index (χ0v) is 16.9. The Morgan fingerprint density at radius 2 is 1.90 bits per heavy atom. The Morgan fingerprint density at radius 3 is 2.60 bits per heavy atom. The molecule has 10 heteroatoms. The first-order valence-corrected chi connectivity index (χ1v) is 9.64. The number of rotatable bonds is 3. The maximum atomic E-state index is 12.5. The molecule has 30 heavy (non-hydrogen) atoms. The smallest absolute Gasteiger partial charge is 0.417 e. The van der Waals surface area contributed by atoms with Crippen LogP contribution in [0, 0.1) is 0 Å². The lowest BCUT2D eigenvalue weighted by Crippen LogP contribution is -2.51. The van der Waals surface area contributed by atoms with Gasteiger partial charge in [-0.2, -0.15) is 0 Å². The number of hydrogen-bond acceptors (Lipinski definition) is 6. The summed E-state index contributed by atoms with van der Waals surface area (Å²) >= 11 is 6.19. The number of aromatic nitrogens is 1. The average Bonchev–Trinajstić information content (AvgIpc) is 3.12.